The molecule has 0 spiro atoms. The number of rotatable bonds is 14. The number of piperazine rings is 1. The van der Waals surface area contributed by atoms with Gasteiger partial charge in [0.25, 0.3) is 0 Å². The number of benzene rings is 2. The molecule has 1 aliphatic heterocycles. The van der Waals surface area contributed by atoms with Gasteiger partial charge in [-0.15, -0.1) is 0 Å². The molecule has 6 rings (SSSR count). The molecule has 3 fully saturated rings. The van der Waals surface area contributed by atoms with Crippen LogP contribution in [0.1, 0.15) is 51.0 Å². The van der Waals surface area contributed by atoms with Gasteiger partial charge >= 0.3 is 0 Å². The molecule has 4 atom stereocenters. The van der Waals surface area contributed by atoms with E-state index in [1.807, 2.05) is 36.4 Å². The largest absolute Gasteiger partial charge is 0.369 e. The van der Waals surface area contributed by atoms with E-state index in [9.17, 15) is 9.59 Å². The molecule has 4 unspecified atom stereocenters. The van der Waals surface area contributed by atoms with Crippen molar-refractivity contribution in [1.29, 1.82) is 0 Å². The molecular formula is C38H49ClN8O2. The topological polar surface area (TPSA) is 115 Å². The van der Waals surface area contributed by atoms with Crippen LogP contribution in [0.2, 0.25) is 5.02 Å². The summed E-state index contributed by atoms with van der Waals surface area (Å²) >= 11 is 6.39. The Kier molecular flexibility index (Phi) is 11.7. The van der Waals surface area contributed by atoms with Crippen molar-refractivity contribution in [3.63, 3.8) is 0 Å². The van der Waals surface area contributed by atoms with Crippen molar-refractivity contribution in [1.82, 2.24) is 20.2 Å². The first-order chi connectivity index (χ1) is 23.8. The summed E-state index contributed by atoms with van der Waals surface area (Å²) in [5.74, 6) is 3.91. The molecule has 2 heterocycles. The lowest BCUT2D eigenvalue weighted by Crippen LogP contribution is -2.47. The van der Waals surface area contributed by atoms with Crippen molar-refractivity contribution >= 4 is 52.2 Å². The number of nitrogens with one attached hydrogen (secondary N) is 4. The molecule has 2 bridgehead atoms. The third kappa shape index (κ3) is 9.51. The Morgan fingerprint density at radius 1 is 1.04 bits per heavy atom. The molecule has 10 nitrogen and oxygen atoms in total. The van der Waals surface area contributed by atoms with Gasteiger partial charge in [0.05, 0.1) is 6.20 Å². The van der Waals surface area contributed by atoms with Gasteiger partial charge in [-0.3, -0.25) is 14.5 Å². The molecule has 2 saturated carbocycles. The molecule has 2 amide bonds. The highest BCUT2D eigenvalue weighted by Crippen LogP contribution is 2.49. The predicted molar refractivity (Wildman–Crippen MR) is 198 cm³/mol. The molecule has 1 aromatic heterocycles. The van der Waals surface area contributed by atoms with E-state index in [2.05, 4.69) is 66.7 Å². The van der Waals surface area contributed by atoms with Gasteiger partial charge in [-0.25, -0.2) is 4.98 Å². The Morgan fingerprint density at radius 3 is 2.65 bits per heavy atom. The SMILES string of the molecule is C=CC(=O)Nc1cccc(CNc2nc(Nc3ccc(N4CCN(CCCNC(=O)CC5C(C)CC6CCC5C6)CC4)cc3)ncc2Cl)c1. The van der Waals surface area contributed by atoms with Crippen LogP contribution in [0, 0.1) is 23.7 Å². The monoisotopic (exact) mass is 684 g/mol. The van der Waals surface area contributed by atoms with E-state index in [-0.39, 0.29) is 11.8 Å². The summed E-state index contributed by atoms with van der Waals surface area (Å²) in [7, 11) is 0. The quantitative estimate of drug-likeness (QED) is 0.110. The number of anilines is 5. The fourth-order valence-electron chi connectivity index (χ4n) is 7.87. The number of carbonyl (C=O) groups excluding carboxylic acids is 2. The van der Waals surface area contributed by atoms with Crippen molar-refractivity contribution < 1.29 is 9.59 Å². The van der Waals surface area contributed by atoms with Gasteiger partial charge in [-0.1, -0.05) is 43.7 Å². The summed E-state index contributed by atoms with van der Waals surface area (Å²) in [6.45, 7) is 12.1. The van der Waals surface area contributed by atoms with Crippen molar-refractivity contribution in [2.24, 2.45) is 23.7 Å². The number of hydrogen-bond donors (Lipinski definition) is 4. The van der Waals surface area contributed by atoms with Crippen molar-refractivity contribution in [2.75, 3.05) is 60.1 Å². The summed E-state index contributed by atoms with van der Waals surface area (Å²) in [5.41, 5.74) is 3.72. The first-order valence-electron chi connectivity index (χ1n) is 17.7. The summed E-state index contributed by atoms with van der Waals surface area (Å²) in [6.07, 6.45) is 9.90. The average molecular weight is 685 g/mol. The van der Waals surface area contributed by atoms with Crippen LogP contribution in [0.25, 0.3) is 0 Å². The average Bonchev–Trinajstić information content (AvgIpc) is 3.52. The zero-order valence-corrected chi connectivity index (χ0v) is 29.2. The molecule has 3 aromatic rings. The molecule has 1 saturated heterocycles. The second-order valence-electron chi connectivity index (χ2n) is 13.9. The highest BCUT2D eigenvalue weighted by Gasteiger charge is 2.40. The second-order valence-corrected chi connectivity index (χ2v) is 14.3. The van der Waals surface area contributed by atoms with Crippen LogP contribution in [0.3, 0.4) is 0 Å². The Labute approximate surface area is 295 Å². The van der Waals surface area contributed by atoms with E-state index < -0.39 is 0 Å². The molecule has 11 heteroatoms. The zero-order chi connectivity index (χ0) is 34.2. The summed E-state index contributed by atoms with van der Waals surface area (Å²) in [5, 5.41) is 12.9. The van der Waals surface area contributed by atoms with Crippen LogP contribution in [-0.2, 0) is 16.1 Å². The normalized spacial score (nSPS) is 22.0. The van der Waals surface area contributed by atoms with Gasteiger partial charge in [0.2, 0.25) is 17.8 Å². The van der Waals surface area contributed by atoms with Gasteiger partial charge in [0.1, 0.15) is 5.02 Å². The fraction of sp³-hybridized carbons (Fsp3) is 0.474. The van der Waals surface area contributed by atoms with E-state index >= 15 is 0 Å². The predicted octanol–water partition coefficient (Wildman–Crippen LogP) is 6.70. The van der Waals surface area contributed by atoms with Gasteiger partial charge in [0.15, 0.2) is 5.82 Å². The van der Waals surface area contributed by atoms with Gasteiger partial charge < -0.3 is 26.2 Å². The van der Waals surface area contributed by atoms with Crippen molar-refractivity contribution in [2.45, 2.75) is 52.0 Å². The van der Waals surface area contributed by atoms with Crippen molar-refractivity contribution in [3.05, 3.63) is 78.0 Å². The lowest BCUT2D eigenvalue weighted by atomic mass is 9.71. The zero-order valence-electron chi connectivity index (χ0n) is 28.5. The maximum Gasteiger partial charge on any atom is 0.247 e. The minimum atomic E-state index is -0.259. The Bertz CT molecular complexity index is 1590. The first-order valence-corrected chi connectivity index (χ1v) is 18.1. The van der Waals surface area contributed by atoms with Crippen molar-refractivity contribution in [3.8, 4) is 0 Å². The number of aromatic nitrogens is 2. The fourth-order valence-corrected chi connectivity index (χ4v) is 8.03. The van der Waals surface area contributed by atoms with E-state index in [0.717, 1.165) is 68.8 Å². The lowest BCUT2D eigenvalue weighted by molar-refractivity contribution is -0.123. The highest BCUT2D eigenvalue weighted by molar-refractivity contribution is 6.32. The Morgan fingerprint density at radius 2 is 1.86 bits per heavy atom. The van der Waals surface area contributed by atoms with Crippen LogP contribution in [-0.4, -0.2) is 66.0 Å². The Hall–Kier alpha value is -4.15. The molecule has 2 aromatic carbocycles. The number of hydrogen-bond acceptors (Lipinski definition) is 8. The van der Waals surface area contributed by atoms with Gasteiger partial charge in [-0.05, 0) is 104 Å². The highest BCUT2D eigenvalue weighted by atomic mass is 35.5. The smallest absolute Gasteiger partial charge is 0.247 e. The number of nitrogens with zero attached hydrogens (tertiary/aromatic N) is 4. The maximum atomic E-state index is 12.7. The van der Waals surface area contributed by atoms with Gasteiger partial charge in [-0.2, -0.15) is 4.98 Å². The Balaban J connectivity index is 0.906. The molecule has 260 valence electrons. The summed E-state index contributed by atoms with van der Waals surface area (Å²) < 4.78 is 0. The second kappa shape index (κ2) is 16.5. The third-order valence-electron chi connectivity index (χ3n) is 10.5. The molecule has 3 aliphatic rings. The third-order valence-corrected chi connectivity index (χ3v) is 10.7. The number of halogens is 1. The van der Waals surface area contributed by atoms with E-state index in [0.29, 0.717) is 47.3 Å². The standard InChI is InChI=1S/C38H49ClN8O2/c1-3-35(48)43-31-7-4-6-28(22-31)24-41-37-34(39)25-42-38(45-37)44-30-10-12-32(13-11-30)47-18-16-46(17-19-47)15-5-14-40-36(49)23-33-26(2)20-27-8-9-29(33)21-27/h3-4,6-7,10-13,22,25-27,29,33H,1,5,8-9,14-21,23-24H2,2H3,(H,40,49)(H,43,48)(H2,41,42,44,45). The van der Waals surface area contributed by atoms with E-state index in [1.54, 1.807) is 6.20 Å². The van der Waals surface area contributed by atoms with Crippen LogP contribution < -0.4 is 26.2 Å². The van der Waals surface area contributed by atoms with Crippen LogP contribution in [0.5, 0.6) is 0 Å². The molecule has 4 N–H and O–H groups in total. The van der Waals surface area contributed by atoms with Crippen LogP contribution in [0.4, 0.5) is 28.8 Å². The maximum absolute atomic E-state index is 12.7. The minimum Gasteiger partial charge on any atom is -0.369 e. The number of carbonyl (C=O) groups is 2. The first kappa shape index (κ1) is 34.7. The number of fused-ring (bicyclic) bond motifs is 2. The van der Waals surface area contributed by atoms with E-state index in [4.69, 9.17) is 11.6 Å². The molecular weight excluding hydrogens is 636 g/mol. The lowest BCUT2D eigenvalue weighted by Gasteiger charge is -2.36. The van der Waals surface area contributed by atoms with Crippen LogP contribution in [0.15, 0.2) is 67.4 Å². The van der Waals surface area contributed by atoms with Crippen LogP contribution >= 0.6 is 11.6 Å². The molecule has 0 radical (unpaired) electrons. The summed E-state index contributed by atoms with van der Waals surface area (Å²) in [4.78, 5) is 38.2. The molecule has 49 heavy (non-hydrogen) atoms. The minimum absolute atomic E-state index is 0.250. The number of amides is 2. The summed E-state index contributed by atoms with van der Waals surface area (Å²) in [6, 6.07) is 15.9. The van der Waals surface area contributed by atoms with E-state index in [1.165, 1.54) is 37.4 Å². The molecule has 2 aliphatic carbocycles. The van der Waals surface area contributed by atoms with Gasteiger partial charge in [0, 0.05) is 62.8 Å².